The molecule has 0 heterocycles. The molecule has 0 radical (unpaired) electrons. The molecule has 1 aromatic carbocycles. The van der Waals surface area contributed by atoms with Crippen molar-refractivity contribution >= 4 is 5.91 Å². The van der Waals surface area contributed by atoms with Crippen LogP contribution >= 0.6 is 0 Å². The van der Waals surface area contributed by atoms with Gasteiger partial charge in [0.05, 0.1) is 6.10 Å². The van der Waals surface area contributed by atoms with Crippen molar-refractivity contribution in [2.45, 2.75) is 38.1 Å². The summed E-state index contributed by atoms with van der Waals surface area (Å²) in [4.78, 5) is 11.9. The van der Waals surface area contributed by atoms with Crippen molar-refractivity contribution in [1.82, 2.24) is 5.32 Å². The van der Waals surface area contributed by atoms with Gasteiger partial charge in [-0.1, -0.05) is 6.42 Å². The molecule has 4 nitrogen and oxygen atoms in total. The molecule has 0 spiro atoms. The van der Waals surface area contributed by atoms with E-state index in [1.165, 1.54) is 12.1 Å². The fourth-order valence-corrected chi connectivity index (χ4v) is 2.60. The number of carbonyl (C=O) groups excluding carboxylic acids is 1. The normalized spacial score (nSPS) is 22.2. The van der Waals surface area contributed by atoms with Gasteiger partial charge in [-0.15, -0.1) is 13.2 Å². The quantitative estimate of drug-likeness (QED) is 0.898. The van der Waals surface area contributed by atoms with Crippen LogP contribution in [-0.4, -0.2) is 30.0 Å². The highest BCUT2D eigenvalue weighted by atomic mass is 19.4. The van der Waals surface area contributed by atoms with Crippen molar-refractivity contribution in [2.24, 2.45) is 5.92 Å². The third kappa shape index (κ3) is 5.22. The van der Waals surface area contributed by atoms with E-state index < -0.39 is 6.36 Å². The molecule has 2 atom stereocenters. The standard InChI is InChI=1S/C15H18F3NO3/c16-15(17,18)22-13-6-4-11(5-7-13)14(21)19-9-10-2-1-3-12(20)8-10/h4-7,10,12,20H,1-3,8-9H2,(H,19,21). The van der Waals surface area contributed by atoms with Gasteiger partial charge in [-0.25, -0.2) is 0 Å². The molecule has 1 aromatic rings. The van der Waals surface area contributed by atoms with Crippen LogP contribution in [0.1, 0.15) is 36.0 Å². The molecule has 122 valence electrons. The molecule has 1 aliphatic rings. The molecule has 0 aromatic heterocycles. The third-order valence-electron chi connectivity index (χ3n) is 3.66. The van der Waals surface area contributed by atoms with Gasteiger partial charge in [-0.3, -0.25) is 4.79 Å². The second kappa shape index (κ2) is 7.00. The van der Waals surface area contributed by atoms with Gasteiger partial charge in [0.25, 0.3) is 5.91 Å². The van der Waals surface area contributed by atoms with Crippen LogP contribution in [0.2, 0.25) is 0 Å². The maximum absolute atomic E-state index is 12.0. The number of benzene rings is 1. The summed E-state index contributed by atoms with van der Waals surface area (Å²) in [5, 5.41) is 12.3. The second-order valence-corrected chi connectivity index (χ2v) is 5.47. The van der Waals surface area contributed by atoms with Crippen LogP contribution in [0.15, 0.2) is 24.3 Å². The zero-order valence-corrected chi connectivity index (χ0v) is 11.9. The Kier molecular flexibility index (Phi) is 5.28. The smallest absolute Gasteiger partial charge is 0.406 e. The maximum Gasteiger partial charge on any atom is 0.573 e. The number of amides is 1. The summed E-state index contributed by atoms with van der Waals surface area (Å²) in [5.41, 5.74) is 0.269. The fraction of sp³-hybridized carbons (Fsp3) is 0.533. The molecule has 0 aliphatic heterocycles. The average Bonchev–Trinajstić information content (AvgIpc) is 2.44. The number of aliphatic hydroxyl groups is 1. The molecular formula is C15H18F3NO3. The fourth-order valence-electron chi connectivity index (χ4n) is 2.60. The van der Waals surface area contributed by atoms with E-state index in [0.717, 1.165) is 31.4 Å². The Bertz CT molecular complexity index is 502. The van der Waals surface area contributed by atoms with Gasteiger partial charge in [-0.2, -0.15) is 0 Å². The van der Waals surface area contributed by atoms with Crippen LogP contribution in [0, 0.1) is 5.92 Å². The number of aliphatic hydroxyl groups excluding tert-OH is 1. The summed E-state index contributed by atoms with van der Waals surface area (Å²) in [6.07, 6.45) is -1.70. The first-order valence-electron chi connectivity index (χ1n) is 7.15. The van der Waals surface area contributed by atoms with E-state index in [-0.39, 0.29) is 29.2 Å². The van der Waals surface area contributed by atoms with E-state index in [1.807, 2.05) is 0 Å². The highest BCUT2D eigenvalue weighted by Gasteiger charge is 2.31. The van der Waals surface area contributed by atoms with Crippen LogP contribution in [0.5, 0.6) is 5.75 Å². The minimum Gasteiger partial charge on any atom is -0.406 e. The molecule has 2 N–H and O–H groups in total. The highest BCUT2D eigenvalue weighted by molar-refractivity contribution is 5.94. The number of hydrogen-bond donors (Lipinski definition) is 2. The van der Waals surface area contributed by atoms with Gasteiger partial charge in [0.1, 0.15) is 5.75 Å². The molecule has 22 heavy (non-hydrogen) atoms. The number of alkyl halides is 3. The number of halogens is 3. The van der Waals surface area contributed by atoms with E-state index in [9.17, 15) is 23.1 Å². The number of nitrogens with one attached hydrogen (secondary N) is 1. The molecular weight excluding hydrogens is 299 g/mol. The lowest BCUT2D eigenvalue weighted by Gasteiger charge is -2.25. The van der Waals surface area contributed by atoms with E-state index in [1.54, 1.807) is 0 Å². The Hall–Kier alpha value is -1.76. The predicted molar refractivity (Wildman–Crippen MR) is 73.4 cm³/mol. The van der Waals surface area contributed by atoms with Crippen LogP contribution in [-0.2, 0) is 0 Å². The van der Waals surface area contributed by atoms with Gasteiger partial charge < -0.3 is 15.2 Å². The first kappa shape index (κ1) is 16.6. The van der Waals surface area contributed by atoms with Gasteiger partial charge in [0.15, 0.2) is 0 Å². The Morgan fingerprint density at radius 2 is 1.95 bits per heavy atom. The van der Waals surface area contributed by atoms with Crippen molar-refractivity contribution in [3.63, 3.8) is 0 Å². The minimum absolute atomic E-state index is 0.237. The molecule has 2 unspecified atom stereocenters. The van der Waals surface area contributed by atoms with Crippen molar-refractivity contribution in [3.8, 4) is 5.75 Å². The first-order valence-corrected chi connectivity index (χ1v) is 7.15. The van der Waals surface area contributed by atoms with Gasteiger partial charge in [0.2, 0.25) is 0 Å². The monoisotopic (exact) mass is 317 g/mol. The Morgan fingerprint density at radius 3 is 2.55 bits per heavy atom. The number of ether oxygens (including phenoxy) is 1. The lowest BCUT2D eigenvalue weighted by molar-refractivity contribution is -0.274. The predicted octanol–water partition coefficient (Wildman–Crippen LogP) is 2.87. The topological polar surface area (TPSA) is 58.6 Å². The van der Waals surface area contributed by atoms with E-state index in [0.29, 0.717) is 13.0 Å². The summed E-state index contributed by atoms with van der Waals surface area (Å²) in [6, 6.07) is 4.78. The molecule has 1 aliphatic carbocycles. The summed E-state index contributed by atoms with van der Waals surface area (Å²) >= 11 is 0. The Labute approximate surface area is 126 Å². The SMILES string of the molecule is O=C(NCC1CCCC(O)C1)c1ccc(OC(F)(F)F)cc1. The highest BCUT2D eigenvalue weighted by Crippen LogP contribution is 2.24. The largest absolute Gasteiger partial charge is 0.573 e. The van der Waals surface area contributed by atoms with Crippen molar-refractivity contribution in [1.29, 1.82) is 0 Å². The van der Waals surface area contributed by atoms with Gasteiger partial charge >= 0.3 is 6.36 Å². The maximum atomic E-state index is 12.0. The zero-order chi connectivity index (χ0) is 16.2. The third-order valence-corrected chi connectivity index (χ3v) is 3.66. The molecule has 2 rings (SSSR count). The van der Waals surface area contributed by atoms with Crippen LogP contribution in [0.25, 0.3) is 0 Å². The zero-order valence-electron chi connectivity index (χ0n) is 11.9. The Morgan fingerprint density at radius 1 is 1.27 bits per heavy atom. The summed E-state index contributed by atoms with van der Waals surface area (Å²) in [5.74, 6) is -0.474. The van der Waals surface area contributed by atoms with Crippen molar-refractivity contribution in [3.05, 3.63) is 29.8 Å². The lowest BCUT2D eigenvalue weighted by Crippen LogP contribution is -2.32. The second-order valence-electron chi connectivity index (χ2n) is 5.47. The summed E-state index contributed by atoms with van der Waals surface area (Å²) < 4.78 is 39.9. The van der Waals surface area contributed by atoms with Crippen LogP contribution in [0.3, 0.4) is 0 Å². The molecule has 1 amide bonds. The Balaban J connectivity index is 1.84. The average molecular weight is 317 g/mol. The van der Waals surface area contributed by atoms with E-state index in [2.05, 4.69) is 10.1 Å². The molecule has 0 saturated heterocycles. The lowest BCUT2D eigenvalue weighted by atomic mass is 9.87. The van der Waals surface area contributed by atoms with Crippen LogP contribution in [0.4, 0.5) is 13.2 Å². The number of rotatable bonds is 4. The molecule has 7 heteroatoms. The first-order chi connectivity index (χ1) is 10.3. The van der Waals surface area contributed by atoms with E-state index >= 15 is 0 Å². The van der Waals surface area contributed by atoms with Crippen molar-refractivity contribution in [2.75, 3.05) is 6.54 Å². The van der Waals surface area contributed by atoms with Crippen LogP contribution < -0.4 is 10.1 Å². The molecule has 1 saturated carbocycles. The molecule has 0 bridgehead atoms. The summed E-state index contributed by atoms with van der Waals surface area (Å²) in [7, 11) is 0. The van der Waals surface area contributed by atoms with Gasteiger partial charge in [-0.05, 0) is 49.4 Å². The summed E-state index contributed by atoms with van der Waals surface area (Å²) in [6.45, 7) is 0.455. The van der Waals surface area contributed by atoms with Crippen molar-refractivity contribution < 1.29 is 27.8 Å². The number of hydrogen-bond acceptors (Lipinski definition) is 3. The van der Waals surface area contributed by atoms with E-state index in [4.69, 9.17) is 0 Å². The minimum atomic E-state index is -4.74. The number of carbonyl (C=O) groups is 1. The van der Waals surface area contributed by atoms with Gasteiger partial charge in [0, 0.05) is 12.1 Å². The molecule has 1 fully saturated rings.